The fourth-order valence-electron chi connectivity index (χ4n) is 1.07. The van der Waals surface area contributed by atoms with Crippen molar-refractivity contribution in [1.29, 1.82) is 0 Å². The van der Waals surface area contributed by atoms with Crippen LogP contribution in [0.2, 0.25) is 0 Å². The largest absolute Gasteiger partial charge is 0.127 e. The fourth-order valence-corrected chi connectivity index (χ4v) is 1.07. The van der Waals surface area contributed by atoms with E-state index >= 15 is 0 Å². The van der Waals surface area contributed by atoms with Crippen LogP contribution in [0.15, 0.2) is 29.0 Å². The van der Waals surface area contributed by atoms with Crippen molar-refractivity contribution in [1.82, 2.24) is 0 Å². The standard InChI is InChI=1S/C13H22/c1-5-6-10-13(4)11-8-7-9-12(2)3/h7,10H,5-6,8,11H2,1-4H3. The number of rotatable bonds is 5. The van der Waals surface area contributed by atoms with Crippen molar-refractivity contribution in [2.45, 2.75) is 53.4 Å². The summed E-state index contributed by atoms with van der Waals surface area (Å²) >= 11 is 0. The molecule has 0 radical (unpaired) electrons. The summed E-state index contributed by atoms with van der Waals surface area (Å²) in [6.45, 7) is 8.59. The number of allylic oxidation sites excluding steroid dienone is 3. The van der Waals surface area contributed by atoms with Gasteiger partial charge >= 0.3 is 0 Å². The second-order valence-electron chi connectivity index (χ2n) is 3.73. The van der Waals surface area contributed by atoms with Gasteiger partial charge < -0.3 is 0 Å². The minimum atomic E-state index is 1.12. The third-order valence-corrected chi connectivity index (χ3v) is 1.86. The Labute approximate surface area is 83.0 Å². The average Bonchev–Trinajstić information content (AvgIpc) is 2.08. The molecule has 0 atom stereocenters. The summed E-state index contributed by atoms with van der Waals surface area (Å²) in [5.74, 6) is 0. The minimum absolute atomic E-state index is 1.12. The first-order valence-electron chi connectivity index (χ1n) is 5.20. The molecule has 0 spiro atoms. The molecular formula is C13H22. The molecule has 0 saturated heterocycles. The Hall–Kier alpha value is -0.740. The van der Waals surface area contributed by atoms with Crippen LogP contribution in [0, 0.1) is 0 Å². The lowest BCUT2D eigenvalue weighted by Crippen LogP contribution is -1.75. The molecule has 0 saturated carbocycles. The second-order valence-corrected chi connectivity index (χ2v) is 3.73. The Balaban J connectivity index is 3.71. The average molecular weight is 178 g/mol. The van der Waals surface area contributed by atoms with Gasteiger partial charge in [0.15, 0.2) is 0 Å². The molecule has 0 nitrogen and oxygen atoms in total. The van der Waals surface area contributed by atoms with Gasteiger partial charge in [0.1, 0.15) is 0 Å². The zero-order valence-electron chi connectivity index (χ0n) is 9.48. The predicted octanol–water partition coefficient (Wildman–Crippen LogP) is 4.63. The molecule has 0 N–H and O–H groups in total. The lowest BCUT2D eigenvalue weighted by atomic mass is 10.1. The van der Waals surface area contributed by atoms with Crippen LogP contribution in [0.3, 0.4) is 0 Å². The fraction of sp³-hybridized carbons (Fsp3) is 0.615. The minimum Gasteiger partial charge on any atom is -0.127 e. The van der Waals surface area contributed by atoms with Crippen molar-refractivity contribution in [3.8, 4) is 0 Å². The van der Waals surface area contributed by atoms with Gasteiger partial charge in [0.25, 0.3) is 0 Å². The van der Waals surface area contributed by atoms with Gasteiger partial charge in [-0.15, -0.1) is 5.73 Å². The van der Waals surface area contributed by atoms with Crippen LogP contribution in [0.5, 0.6) is 0 Å². The first kappa shape index (κ1) is 12.3. The van der Waals surface area contributed by atoms with Crippen LogP contribution < -0.4 is 0 Å². The summed E-state index contributed by atoms with van der Waals surface area (Å²) < 4.78 is 0. The highest BCUT2D eigenvalue weighted by atomic mass is 13.9. The first-order valence-corrected chi connectivity index (χ1v) is 5.20. The topological polar surface area (TPSA) is 0 Å². The van der Waals surface area contributed by atoms with Crippen LogP contribution >= 0.6 is 0 Å². The predicted molar refractivity (Wildman–Crippen MR) is 60.8 cm³/mol. The summed E-state index contributed by atoms with van der Waals surface area (Å²) in [5.41, 5.74) is 5.99. The monoisotopic (exact) mass is 178 g/mol. The molecule has 0 rings (SSSR count). The maximum Gasteiger partial charge on any atom is -0.0237 e. The van der Waals surface area contributed by atoms with Gasteiger partial charge in [0, 0.05) is 0 Å². The Morgan fingerprint density at radius 2 is 1.85 bits per heavy atom. The highest BCUT2D eigenvalue weighted by Gasteiger charge is 1.86. The maximum absolute atomic E-state index is 3.22. The molecule has 0 heteroatoms. The van der Waals surface area contributed by atoms with E-state index < -0.39 is 0 Å². The molecule has 74 valence electrons. The van der Waals surface area contributed by atoms with E-state index in [0.717, 1.165) is 6.42 Å². The normalized spacial score (nSPS) is 10.9. The van der Waals surface area contributed by atoms with Crippen molar-refractivity contribution in [2.24, 2.45) is 0 Å². The number of hydrogen-bond acceptors (Lipinski definition) is 0. The van der Waals surface area contributed by atoms with Gasteiger partial charge in [-0.05, 0) is 51.7 Å². The van der Waals surface area contributed by atoms with Crippen molar-refractivity contribution in [3.05, 3.63) is 29.0 Å². The van der Waals surface area contributed by atoms with Gasteiger partial charge in [0.05, 0.1) is 0 Å². The Morgan fingerprint density at radius 1 is 1.15 bits per heavy atom. The molecule has 0 aliphatic rings. The van der Waals surface area contributed by atoms with Crippen LogP contribution in [-0.4, -0.2) is 0 Å². The highest BCUT2D eigenvalue weighted by Crippen LogP contribution is 2.06. The maximum atomic E-state index is 3.22. The summed E-state index contributed by atoms with van der Waals surface area (Å²) in [4.78, 5) is 0. The molecule has 0 amide bonds. The molecule has 13 heavy (non-hydrogen) atoms. The lowest BCUT2D eigenvalue weighted by Gasteiger charge is -1.96. The molecule has 0 heterocycles. The lowest BCUT2D eigenvalue weighted by molar-refractivity contribution is 0.911. The smallest absolute Gasteiger partial charge is 0.0237 e. The zero-order valence-corrected chi connectivity index (χ0v) is 9.48. The SMILES string of the molecule is CCCC=C(C)CCC=C=C(C)C. The molecule has 0 aromatic carbocycles. The molecular weight excluding hydrogens is 156 g/mol. The van der Waals surface area contributed by atoms with E-state index in [-0.39, 0.29) is 0 Å². The summed E-state index contributed by atoms with van der Waals surface area (Å²) in [6.07, 6.45) is 9.26. The third-order valence-electron chi connectivity index (χ3n) is 1.86. The Morgan fingerprint density at radius 3 is 2.38 bits per heavy atom. The highest BCUT2D eigenvalue weighted by molar-refractivity contribution is 5.01. The summed E-state index contributed by atoms with van der Waals surface area (Å²) in [5, 5.41) is 0. The van der Waals surface area contributed by atoms with E-state index in [2.05, 4.69) is 45.6 Å². The zero-order chi connectivity index (χ0) is 10.1. The summed E-state index contributed by atoms with van der Waals surface area (Å²) in [7, 11) is 0. The Bertz CT molecular complexity index is 208. The first-order chi connectivity index (χ1) is 6.16. The molecule has 0 unspecified atom stereocenters. The van der Waals surface area contributed by atoms with Crippen LogP contribution in [-0.2, 0) is 0 Å². The van der Waals surface area contributed by atoms with Gasteiger partial charge in [0.2, 0.25) is 0 Å². The van der Waals surface area contributed by atoms with E-state index in [4.69, 9.17) is 0 Å². The quantitative estimate of drug-likeness (QED) is 0.425. The van der Waals surface area contributed by atoms with Crippen LogP contribution in [0.1, 0.15) is 53.4 Å². The van der Waals surface area contributed by atoms with Crippen molar-refractivity contribution < 1.29 is 0 Å². The van der Waals surface area contributed by atoms with Crippen LogP contribution in [0.25, 0.3) is 0 Å². The second kappa shape index (κ2) is 7.89. The van der Waals surface area contributed by atoms with E-state index in [1.807, 2.05) is 0 Å². The van der Waals surface area contributed by atoms with E-state index in [0.29, 0.717) is 0 Å². The van der Waals surface area contributed by atoms with Gasteiger partial charge in [-0.2, -0.15) is 0 Å². The van der Waals surface area contributed by atoms with Crippen molar-refractivity contribution in [2.75, 3.05) is 0 Å². The molecule has 0 aliphatic heterocycles. The van der Waals surface area contributed by atoms with Crippen LogP contribution in [0.4, 0.5) is 0 Å². The third kappa shape index (κ3) is 9.17. The Kier molecular flexibility index (Phi) is 7.44. The van der Waals surface area contributed by atoms with Crippen molar-refractivity contribution in [3.63, 3.8) is 0 Å². The van der Waals surface area contributed by atoms with E-state index in [1.54, 1.807) is 0 Å². The number of hydrogen-bond donors (Lipinski definition) is 0. The molecule has 0 fully saturated rings. The van der Waals surface area contributed by atoms with Gasteiger partial charge in [-0.25, -0.2) is 0 Å². The number of unbranched alkanes of at least 4 members (excludes halogenated alkanes) is 1. The summed E-state index contributed by atoms with van der Waals surface area (Å²) in [6, 6.07) is 0. The molecule has 0 aromatic heterocycles. The van der Waals surface area contributed by atoms with Gasteiger partial charge in [-0.3, -0.25) is 0 Å². The molecule has 0 aliphatic carbocycles. The molecule has 0 bridgehead atoms. The van der Waals surface area contributed by atoms with E-state index in [1.165, 1.54) is 30.4 Å². The molecule has 0 aromatic rings. The van der Waals surface area contributed by atoms with E-state index in [9.17, 15) is 0 Å². The van der Waals surface area contributed by atoms with Crippen molar-refractivity contribution >= 4 is 0 Å². The van der Waals surface area contributed by atoms with Gasteiger partial charge in [-0.1, -0.05) is 25.0 Å².